The predicted molar refractivity (Wildman–Crippen MR) is 88.5 cm³/mol. The molecule has 1 amide bonds. The quantitative estimate of drug-likeness (QED) is 0.820. The van der Waals surface area contributed by atoms with Gasteiger partial charge in [0.1, 0.15) is 5.75 Å². The molecule has 0 radical (unpaired) electrons. The van der Waals surface area contributed by atoms with Crippen molar-refractivity contribution >= 4 is 11.7 Å². The smallest absolute Gasteiger partial charge is 0.258 e. The molecule has 1 aromatic carbocycles. The van der Waals surface area contributed by atoms with Crippen molar-refractivity contribution in [2.75, 3.05) is 6.61 Å². The Morgan fingerprint density at radius 1 is 1.30 bits per heavy atom. The zero-order valence-corrected chi connectivity index (χ0v) is 13.9. The lowest BCUT2D eigenvalue weighted by molar-refractivity contribution is -0.124. The largest absolute Gasteiger partial charge is 0.484 e. The minimum atomic E-state index is -0.0894. The van der Waals surface area contributed by atoms with Crippen LogP contribution in [0, 0.1) is 17.8 Å². The Balaban J connectivity index is 1.48. The molecule has 3 rings (SSSR count). The average Bonchev–Trinajstić information content (AvgIpc) is 3.16. The molecule has 4 nitrogen and oxygen atoms in total. The van der Waals surface area contributed by atoms with Crippen LogP contribution in [-0.2, 0) is 4.79 Å². The third-order valence-electron chi connectivity index (χ3n) is 5.43. The molecule has 1 aromatic rings. The van der Waals surface area contributed by atoms with Crippen LogP contribution < -0.4 is 10.1 Å². The number of carbonyl (C=O) groups excluding carboxylic acids is 2. The van der Waals surface area contributed by atoms with Gasteiger partial charge in [-0.1, -0.05) is 18.6 Å². The first-order valence-corrected chi connectivity index (χ1v) is 8.56. The van der Waals surface area contributed by atoms with E-state index < -0.39 is 0 Å². The number of Topliss-reactive ketones (excluding diaryl/α,β-unsaturated/α-hetero) is 1. The van der Waals surface area contributed by atoms with Crippen LogP contribution in [0.4, 0.5) is 0 Å². The summed E-state index contributed by atoms with van der Waals surface area (Å²) in [5, 5.41) is 3.08. The molecule has 4 heteroatoms. The Hall–Kier alpha value is -1.84. The van der Waals surface area contributed by atoms with E-state index in [0.29, 0.717) is 17.2 Å². The molecule has 0 saturated heterocycles. The molecule has 0 aliphatic heterocycles. The number of ether oxygens (including phenoxy) is 1. The van der Waals surface area contributed by atoms with Gasteiger partial charge in [-0.25, -0.2) is 0 Å². The second kappa shape index (κ2) is 6.73. The fourth-order valence-corrected chi connectivity index (χ4v) is 4.26. The molecule has 4 atom stereocenters. The molecule has 2 bridgehead atoms. The van der Waals surface area contributed by atoms with E-state index in [9.17, 15) is 9.59 Å². The van der Waals surface area contributed by atoms with Gasteiger partial charge in [0.15, 0.2) is 12.4 Å². The molecule has 124 valence electrons. The zero-order valence-electron chi connectivity index (χ0n) is 13.9. The number of ketones is 1. The van der Waals surface area contributed by atoms with E-state index in [1.807, 2.05) is 0 Å². The highest BCUT2D eigenvalue weighted by Crippen LogP contribution is 2.49. The molecular formula is C19H25NO3. The number of hydrogen-bond donors (Lipinski definition) is 1. The van der Waals surface area contributed by atoms with E-state index in [1.165, 1.54) is 32.6 Å². The molecule has 2 fully saturated rings. The number of nitrogens with one attached hydrogen (secondary N) is 1. The van der Waals surface area contributed by atoms with Crippen LogP contribution in [-0.4, -0.2) is 24.3 Å². The van der Waals surface area contributed by atoms with E-state index in [-0.39, 0.29) is 24.3 Å². The minimum Gasteiger partial charge on any atom is -0.484 e. The first kappa shape index (κ1) is 16.0. The van der Waals surface area contributed by atoms with Crippen molar-refractivity contribution in [1.82, 2.24) is 5.32 Å². The monoisotopic (exact) mass is 315 g/mol. The molecule has 2 saturated carbocycles. The predicted octanol–water partition coefficient (Wildman–Crippen LogP) is 3.21. The number of fused-ring (bicyclic) bond motifs is 2. The van der Waals surface area contributed by atoms with Crippen molar-refractivity contribution in [1.29, 1.82) is 0 Å². The molecule has 23 heavy (non-hydrogen) atoms. The van der Waals surface area contributed by atoms with E-state index in [0.717, 1.165) is 11.8 Å². The second-order valence-electron chi connectivity index (χ2n) is 7.07. The van der Waals surface area contributed by atoms with E-state index in [4.69, 9.17) is 4.74 Å². The van der Waals surface area contributed by atoms with Crippen molar-refractivity contribution in [3.05, 3.63) is 29.8 Å². The Kier molecular flexibility index (Phi) is 4.69. The fraction of sp³-hybridized carbons (Fsp3) is 0.579. The van der Waals surface area contributed by atoms with Crippen LogP contribution >= 0.6 is 0 Å². The third-order valence-corrected chi connectivity index (χ3v) is 5.43. The standard InChI is InChI=1S/C19H25NO3/c1-12(18-9-14-6-7-16(18)8-14)20-19(22)11-23-17-5-3-4-15(10-17)13(2)21/h3-5,10,12,14,16,18H,6-9,11H2,1-2H3,(H,20,22)/t12-,14+,16+,18-/m1/s1. The van der Waals surface area contributed by atoms with Gasteiger partial charge in [-0.05, 0) is 63.0 Å². The highest BCUT2D eigenvalue weighted by Gasteiger charge is 2.42. The highest BCUT2D eigenvalue weighted by atomic mass is 16.5. The summed E-state index contributed by atoms with van der Waals surface area (Å²) in [6, 6.07) is 7.16. The molecule has 0 spiro atoms. The lowest BCUT2D eigenvalue weighted by atomic mass is 9.84. The first-order valence-electron chi connectivity index (χ1n) is 8.56. The molecule has 2 aliphatic rings. The van der Waals surface area contributed by atoms with Gasteiger partial charge in [0, 0.05) is 11.6 Å². The van der Waals surface area contributed by atoms with Crippen LogP contribution in [0.2, 0.25) is 0 Å². The number of rotatable bonds is 6. The van der Waals surface area contributed by atoms with Gasteiger partial charge in [-0.2, -0.15) is 0 Å². The summed E-state index contributed by atoms with van der Waals surface area (Å²) in [5.74, 6) is 2.76. The van der Waals surface area contributed by atoms with Gasteiger partial charge in [0.25, 0.3) is 5.91 Å². The van der Waals surface area contributed by atoms with Crippen molar-refractivity contribution in [2.45, 2.75) is 45.6 Å². The number of amides is 1. The third kappa shape index (κ3) is 3.74. The summed E-state index contributed by atoms with van der Waals surface area (Å²) < 4.78 is 5.52. The summed E-state index contributed by atoms with van der Waals surface area (Å²) >= 11 is 0. The summed E-state index contributed by atoms with van der Waals surface area (Å²) in [5.41, 5.74) is 0.596. The highest BCUT2D eigenvalue weighted by molar-refractivity contribution is 5.94. The normalized spacial score (nSPS) is 26.8. The van der Waals surface area contributed by atoms with Gasteiger partial charge >= 0.3 is 0 Å². The van der Waals surface area contributed by atoms with Crippen molar-refractivity contribution < 1.29 is 14.3 Å². The van der Waals surface area contributed by atoms with Crippen molar-refractivity contribution in [3.8, 4) is 5.75 Å². The number of carbonyl (C=O) groups is 2. The van der Waals surface area contributed by atoms with E-state index in [1.54, 1.807) is 24.3 Å². The Morgan fingerprint density at radius 2 is 2.13 bits per heavy atom. The van der Waals surface area contributed by atoms with Crippen molar-refractivity contribution in [3.63, 3.8) is 0 Å². The average molecular weight is 315 g/mol. The lowest BCUT2D eigenvalue weighted by Gasteiger charge is -2.28. The Bertz CT molecular complexity index is 598. The lowest BCUT2D eigenvalue weighted by Crippen LogP contribution is -2.42. The maximum absolute atomic E-state index is 12.1. The van der Waals surface area contributed by atoms with Gasteiger partial charge < -0.3 is 10.1 Å². The van der Waals surface area contributed by atoms with Crippen LogP contribution in [0.3, 0.4) is 0 Å². The van der Waals surface area contributed by atoms with Gasteiger partial charge in [-0.15, -0.1) is 0 Å². The molecular weight excluding hydrogens is 290 g/mol. The van der Waals surface area contributed by atoms with Gasteiger partial charge in [0.2, 0.25) is 0 Å². The van der Waals surface area contributed by atoms with Crippen LogP contribution in [0.25, 0.3) is 0 Å². The molecule has 2 aliphatic carbocycles. The number of hydrogen-bond acceptors (Lipinski definition) is 3. The SMILES string of the molecule is CC(=O)c1cccc(OCC(=O)N[C@H](C)[C@H]2C[C@H]3CC[C@H]2C3)c1. The fourth-order valence-electron chi connectivity index (χ4n) is 4.26. The summed E-state index contributed by atoms with van der Waals surface area (Å²) in [7, 11) is 0. The second-order valence-corrected chi connectivity index (χ2v) is 7.07. The van der Waals surface area contributed by atoms with Crippen molar-refractivity contribution in [2.24, 2.45) is 17.8 Å². The molecule has 0 aromatic heterocycles. The zero-order chi connectivity index (χ0) is 16.4. The molecule has 1 N–H and O–H groups in total. The molecule has 0 unspecified atom stereocenters. The topological polar surface area (TPSA) is 55.4 Å². The Morgan fingerprint density at radius 3 is 2.78 bits per heavy atom. The van der Waals surface area contributed by atoms with E-state index in [2.05, 4.69) is 12.2 Å². The van der Waals surface area contributed by atoms with Gasteiger partial charge in [-0.3, -0.25) is 9.59 Å². The van der Waals surface area contributed by atoms with Crippen LogP contribution in [0.15, 0.2) is 24.3 Å². The summed E-state index contributed by atoms with van der Waals surface area (Å²) in [6.45, 7) is 3.62. The maximum atomic E-state index is 12.1. The molecule has 0 heterocycles. The maximum Gasteiger partial charge on any atom is 0.258 e. The van der Waals surface area contributed by atoms with Gasteiger partial charge in [0.05, 0.1) is 0 Å². The number of benzene rings is 1. The minimum absolute atomic E-state index is 0.00743. The summed E-state index contributed by atoms with van der Waals surface area (Å²) in [6.07, 6.45) is 5.30. The van der Waals surface area contributed by atoms with Crippen LogP contribution in [0.1, 0.15) is 49.9 Å². The Labute approximate surface area is 137 Å². The summed E-state index contributed by atoms with van der Waals surface area (Å²) in [4.78, 5) is 23.5. The first-order chi connectivity index (χ1) is 11.0. The van der Waals surface area contributed by atoms with Crippen LogP contribution in [0.5, 0.6) is 5.75 Å². The van der Waals surface area contributed by atoms with E-state index >= 15 is 0 Å².